The summed E-state index contributed by atoms with van der Waals surface area (Å²) >= 11 is 1.50. The Labute approximate surface area is 175 Å². The van der Waals surface area contributed by atoms with Crippen LogP contribution in [0.4, 0.5) is 4.79 Å². The molecular weight excluding hydrogens is 404 g/mol. The predicted octanol–water partition coefficient (Wildman–Crippen LogP) is 2.21. The van der Waals surface area contributed by atoms with E-state index < -0.39 is 17.5 Å². The van der Waals surface area contributed by atoms with Crippen molar-refractivity contribution in [1.82, 2.24) is 20.5 Å². The molecule has 1 unspecified atom stereocenters. The summed E-state index contributed by atoms with van der Waals surface area (Å²) in [5, 5.41) is 17.4. The molecule has 1 atom stereocenters. The number of imide groups is 1. The Hall–Kier alpha value is -3.72. The van der Waals surface area contributed by atoms with Gasteiger partial charge in [0.2, 0.25) is 0 Å². The lowest BCUT2D eigenvalue weighted by atomic mass is 9.88. The van der Waals surface area contributed by atoms with Crippen LogP contribution in [0, 0.1) is 0 Å². The maximum atomic E-state index is 12.9. The number of carbonyl (C=O) groups excluding carboxylic acids is 3. The van der Waals surface area contributed by atoms with Crippen LogP contribution < -0.4 is 10.6 Å². The van der Waals surface area contributed by atoms with Gasteiger partial charge in [-0.05, 0) is 29.3 Å². The van der Waals surface area contributed by atoms with Gasteiger partial charge in [0, 0.05) is 29.2 Å². The number of carbonyl (C=O) groups is 3. The van der Waals surface area contributed by atoms with Gasteiger partial charge >= 0.3 is 6.03 Å². The number of phenolic OH excluding ortho intramolecular Hbond substituents is 1. The molecule has 3 heterocycles. The molecule has 2 aromatic carbocycles. The summed E-state index contributed by atoms with van der Waals surface area (Å²) in [6, 6.07) is 11.2. The Morgan fingerprint density at radius 2 is 1.93 bits per heavy atom. The molecule has 0 saturated carbocycles. The molecule has 5 rings (SSSR count). The Bertz CT molecular complexity index is 1180. The van der Waals surface area contributed by atoms with E-state index in [0.717, 1.165) is 10.6 Å². The number of hydrogen-bond acceptors (Lipinski definition) is 6. The minimum absolute atomic E-state index is 0.0323. The molecular formula is C21H16N4O4S. The van der Waals surface area contributed by atoms with Crippen molar-refractivity contribution in [2.45, 2.75) is 12.1 Å². The van der Waals surface area contributed by atoms with Crippen molar-refractivity contribution in [2.24, 2.45) is 0 Å². The lowest BCUT2D eigenvalue weighted by Gasteiger charge is -2.31. The Morgan fingerprint density at radius 1 is 1.13 bits per heavy atom. The molecule has 0 radical (unpaired) electrons. The number of urea groups is 1. The van der Waals surface area contributed by atoms with Crippen LogP contribution in [-0.4, -0.2) is 39.4 Å². The van der Waals surface area contributed by atoms with Crippen molar-refractivity contribution in [1.29, 1.82) is 0 Å². The van der Waals surface area contributed by atoms with E-state index in [-0.39, 0.29) is 24.7 Å². The molecule has 2 aliphatic rings. The Kier molecular flexibility index (Phi) is 4.07. The average molecular weight is 420 g/mol. The first-order chi connectivity index (χ1) is 14.5. The van der Waals surface area contributed by atoms with Crippen LogP contribution >= 0.6 is 11.3 Å². The van der Waals surface area contributed by atoms with Gasteiger partial charge < -0.3 is 15.3 Å². The van der Waals surface area contributed by atoms with E-state index in [0.29, 0.717) is 16.7 Å². The van der Waals surface area contributed by atoms with Crippen molar-refractivity contribution < 1.29 is 19.5 Å². The smallest absolute Gasteiger partial charge is 0.322 e. The number of phenols is 1. The highest BCUT2D eigenvalue weighted by atomic mass is 32.1. The average Bonchev–Trinajstić information content (AvgIpc) is 3.42. The van der Waals surface area contributed by atoms with Gasteiger partial charge in [0.05, 0.1) is 6.54 Å². The molecule has 8 nitrogen and oxygen atoms in total. The van der Waals surface area contributed by atoms with E-state index >= 15 is 0 Å². The standard InChI is InChI=1S/C21H16N4O4S/c26-15-5-6-16-13(9-15)10-25(18(16)27)11-21(19(28)23-20(29)24-21)14-3-1-12(2-4-14)17-22-7-8-30-17/h1-9,26H,10-11H2,(H2,23,24,28,29). The number of amides is 4. The number of aromatic hydroxyl groups is 1. The fourth-order valence-electron chi connectivity index (χ4n) is 3.94. The highest BCUT2D eigenvalue weighted by Crippen LogP contribution is 2.33. The van der Waals surface area contributed by atoms with E-state index in [1.165, 1.54) is 28.4 Å². The minimum atomic E-state index is -1.40. The largest absolute Gasteiger partial charge is 0.508 e. The zero-order valence-electron chi connectivity index (χ0n) is 15.6. The number of thiazole rings is 1. The molecule has 3 N–H and O–H groups in total. The van der Waals surface area contributed by atoms with E-state index in [1.54, 1.807) is 24.4 Å². The van der Waals surface area contributed by atoms with E-state index in [1.807, 2.05) is 17.5 Å². The summed E-state index contributed by atoms with van der Waals surface area (Å²) in [7, 11) is 0. The fourth-order valence-corrected chi connectivity index (χ4v) is 4.59. The van der Waals surface area contributed by atoms with Gasteiger partial charge in [-0.25, -0.2) is 9.78 Å². The van der Waals surface area contributed by atoms with Gasteiger partial charge in [0.15, 0.2) is 5.54 Å². The summed E-state index contributed by atoms with van der Waals surface area (Å²) in [5.74, 6) is -0.693. The first kappa shape index (κ1) is 18.3. The van der Waals surface area contributed by atoms with Gasteiger partial charge in [0.25, 0.3) is 11.8 Å². The van der Waals surface area contributed by atoms with Crippen LogP contribution in [0.5, 0.6) is 5.75 Å². The lowest BCUT2D eigenvalue weighted by molar-refractivity contribution is -0.124. The number of nitrogens with one attached hydrogen (secondary N) is 2. The van der Waals surface area contributed by atoms with E-state index in [4.69, 9.17) is 0 Å². The number of rotatable bonds is 4. The molecule has 9 heteroatoms. The third kappa shape index (κ3) is 2.82. The summed E-state index contributed by atoms with van der Waals surface area (Å²) in [6.45, 7) is 0.208. The summed E-state index contributed by atoms with van der Waals surface area (Å²) in [5.41, 5.74) is 1.22. The third-order valence-electron chi connectivity index (χ3n) is 5.39. The Morgan fingerprint density at radius 3 is 2.60 bits per heavy atom. The topological polar surface area (TPSA) is 112 Å². The molecule has 1 fully saturated rings. The number of hydrogen-bond donors (Lipinski definition) is 3. The molecule has 1 saturated heterocycles. The van der Waals surface area contributed by atoms with Crippen LogP contribution in [0.15, 0.2) is 54.0 Å². The van der Waals surface area contributed by atoms with Crippen molar-refractivity contribution in [3.05, 3.63) is 70.7 Å². The van der Waals surface area contributed by atoms with Gasteiger partial charge in [-0.1, -0.05) is 24.3 Å². The highest BCUT2D eigenvalue weighted by molar-refractivity contribution is 7.13. The van der Waals surface area contributed by atoms with Crippen molar-refractivity contribution >= 4 is 29.2 Å². The molecule has 4 amide bonds. The second-order valence-corrected chi connectivity index (χ2v) is 8.13. The van der Waals surface area contributed by atoms with Gasteiger partial charge in [-0.2, -0.15) is 0 Å². The summed E-state index contributed by atoms with van der Waals surface area (Å²) < 4.78 is 0. The highest BCUT2D eigenvalue weighted by Gasteiger charge is 2.50. The molecule has 3 aromatic rings. The molecule has 1 aromatic heterocycles. The summed E-state index contributed by atoms with van der Waals surface area (Å²) in [6.07, 6.45) is 1.72. The van der Waals surface area contributed by atoms with Crippen LogP contribution in [0.3, 0.4) is 0 Å². The molecule has 0 aliphatic carbocycles. The normalized spacial score (nSPS) is 20.3. The lowest BCUT2D eigenvalue weighted by Crippen LogP contribution is -2.52. The van der Waals surface area contributed by atoms with E-state index in [9.17, 15) is 19.5 Å². The molecule has 150 valence electrons. The van der Waals surface area contributed by atoms with Crippen LogP contribution in [0.2, 0.25) is 0 Å². The number of aromatic nitrogens is 1. The Balaban J connectivity index is 1.50. The maximum absolute atomic E-state index is 12.9. The van der Waals surface area contributed by atoms with Gasteiger partial charge in [-0.15, -0.1) is 11.3 Å². The van der Waals surface area contributed by atoms with Crippen molar-refractivity contribution in [3.8, 4) is 16.3 Å². The predicted molar refractivity (Wildman–Crippen MR) is 109 cm³/mol. The SMILES string of the molecule is O=C1NC(=O)C(CN2Cc3cc(O)ccc3C2=O)(c2ccc(-c3nccs3)cc2)N1. The number of benzene rings is 2. The third-order valence-corrected chi connectivity index (χ3v) is 6.22. The second-order valence-electron chi connectivity index (χ2n) is 7.23. The fraction of sp³-hybridized carbons (Fsp3) is 0.143. The number of fused-ring (bicyclic) bond motifs is 1. The van der Waals surface area contributed by atoms with E-state index in [2.05, 4.69) is 15.6 Å². The molecule has 30 heavy (non-hydrogen) atoms. The van der Waals surface area contributed by atoms with Crippen molar-refractivity contribution in [2.75, 3.05) is 6.54 Å². The van der Waals surface area contributed by atoms with Crippen LogP contribution in [-0.2, 0) is 16.9 Å². The monoisotopic (exact) mass is 420 g/mol. The second kappa shape index (κ2) is 6.67. The van der Waals surface area contributed by atoms with Gasteiger partial charge in [0.1, 0.15) is 10.8 Å². The minimum Gasteiger partial charge on any atom is -0.508 e. The summed E-state index contributed by atoms with van der Waals surface area (Å²) in [4.78, 5) is 43.5. The quantitative estimate of drug-likeness (QED) is 0.561. The van der Waals surface area contributed by atoms with Crippen molar-refractivity contribution in [3.63, 3.8) is 0 Å². The molecule has 2 aliphatic heterocycles. The van der Waals surface area contributed by atoms with Gasteiger partial charge in [-0.3, -0.25) is 14.9 Å². The maximum Gasteiger partial charge on any atom is 0.322 e. The first-order valence-corrected chi connectivity index (χ1v) is 10.1. The van der Waals surface area contributed by atoms with Crippen LogP contribution in [0.25, 0.3) is 10.6 Å². The molecule has 0 bridgehead atoms. The molecule has 0 spiro atoms. The number of nitrogens with zero attached hydrogens (tertiary/aromatic N) is 2. The first-order valence-electron chi connectivity index (χ1n) is 9.21. The zero-order chi connectivity index (χ0) is 20.9. The zero-order valence-corrected chi connectivity index (χ0v) is 16.4. The van der Waals surface area contributed by atoms with Crippen LogP contribution in [0.1, 0.15) is 21.5 Å².